The summed E-state index contributed by atoms with van der Waals surface area (Å²) in [5.41, 5.74) is 5.34. The molecular formula is C15H31IN4O2. The van der Waals surface area contributed by atoms with E-state index in [-0.39, 0.29) is 30.1 Å². The number of halogens is 1. The zero-order valence-corrected chi connectivity index (χ0v) is 16.7. The smallest absolute Gasteiger partial charge is 0.410 e. The quantitative estimate of drug-likeness (QED) is 0.389. The molecule has 22 heavy (non-hydrogen) atoms. The number of hydrogen-bond donors (Lipinski definition) is 2. The van der Waals surface area contributed by atoms with Gasteiger partial charge in [-0.05, 0) is 47.0 Å². The van der Waals surface area contributed by atoms with Crippen molar-refractivity contribution >= 4 is 36.0 Å². The third-order valence-electron chi connectivity index (χ3n) is 3.25. The molecule has 1 aliphatic rings. The van der Waals surface area contributed by atoms with Crippen molar-refractivity contribution in [2.24, 2.45) is 10.7 Å². The normalized spacial score (nSPS) is 16.5. The fourth-order valence-electron chi connectivity index (χ4n) is 1.81. The molecule has 0 aromatic heterocycles. The van der Waals surface area contributed by atoms with Crippen molar-refractivity contribution < 1.29 is 9.53 Å². The molecule has 0 bridgehead atoms. The molecule has 0 heterocycles. The molecule has 3 N–H and O–H groups in total. The standard InChI is InChI=1S/C15H30N4O2.HI/c1-6-11(2)18-13(16)17-9-10-19(12-7-8-12)14(20)21-15(3,4)5;/h11-12H,6-10H2,1-5H3,(H3,16,17,18);1H. The summed E-state index contributed by atoms with van der Waals surface area (Å²) in [5.74, 6) is 0.435. The van der Waals surface area contributed by atoms with Crippen molar-refractivity contribution in [1.82, 2.24) is 10.2 Å². The van der Waals surface area contributed by atoms with E-state index in [1.165, 1.54) is 0 Å². The van der Waals surface area contributed by atoms with Crippen molar-refractivity contribution in [3.05, 3.63) is 0 Å². The number of rotatable bonds is 6. The van der Waals surface area contributed by atoms with E-state index in [9.17, 15) is 4.79 Å². The molecule has 1 fully saturated rings. The number of ether oxygens (including phenoxy) is 1. The first-order valence-corrected chi connectivity index (χ1v) is 7.79. The number of carbonyl (C=O) groups excluding carboxylic acids is 1. The second-order valence-electron chi connectivity index (χ2n) is 6.63. The lowest BCUT2D eigenvalue weighted by Gasteiger charge is -2.27. The monoisotopic (exact) mass is 426 g/mol. The van der Waals surface area contributed by atoms with Crippen molar-refractivity contribution in [2.75, 3.05) is 13.1 Å². The van der Waals surface area contributed by atoms with Gasteiger partial charge in [0.05, 0.1) is 6.54 Å². The zero-order valence-electron chi connectivity index (χ0n) is 14.4. The minimum Gasteiger partial charge on any atom is -0.444 e. The summed E-state index contributed by atoms with van der Waals surface area (Å²) in [6.45, 7) is 10.8. The molecule has 1 amide bonds. The van der Waals surface area contributed by atoms with Crippen molar-refractivity contribution in [3.63, 3.8) is 0 Å². The van der Waals surface area contributed by atoms with Crippen LogP contribution in [0.15, 0.2) is 4.99 Å². The fraction of sp³-hybridized carbons (Fsp3) is 0.867. The maximum absolute atomic E-state index is 12.1. The van der Waals surface area contributed by atoms with Gasteiger partial charge < -0.3 is 20.7 Å². The zero-order chi connectivity index (χ0) is 16.0. The largest absolute Gasteiger partial charge is 0.444 e. The summed E-state index contributed by atoms with van der Waals surface area (Å²) in [6, 6.07) is 0.609. The highest BCUT2D eigenvalue weighted by atomic mass is 127. The van der Waals surface area contributed by atoms with Gasteiger partial charge in [0.1, 0.15) is 5.60 Å². The van der Waals surface area contributed by atoms with Gasteiger partial charge in [0, 0.05) is 18.6 Å². The minimum atomic E-state index is -0.468. The number of nitrogens with two attached hydrogens (primary N) is 1. The Morgan fingerprint density at radius 2 is 2.05 bits per heavy atom. The topological polar surface area (TPSA) is 80.0 Å². The molecule has 1 atom stereocenters. The van der Waals surface area contributed by atoms with Crippen LogP contribution in [0.25, 0.3) is 0 Å². The number of amides is 1. The lowest BCUT2D eigenvalue weighted by atomic mass is 10.2. The summed E-state index contributed by atoms with van der Waals surface area (Å²) >= 11 is 0. The molecule has 6 nitrogen and oxygen atoms in total. The van der Waals surface area contributed by atoms with Crippen LogP contribution in [0.3, 0.4) is 0 Å². The van der Waals surface area contributed by atoms with Gasteiger partial charge in [-0.15, -0.1) is 24.0 Å². The van der Waals surface area contributed by atoms with E-state index in [1.54, 1.807) is 4.90 Å². The molecule has 0 aromatic carbocycles. The maximum atomic E-state index is 12.1. The second kappa shape index (κ2) is 9.42. The summed E-state index contributed by atoms with van der Waals surface area (Å²) in [6.07, 6.45) is 2.82. The predicted octanol–water partition coefficient (Wildman–Crippen LogP) is 2.71. The SMILES string of the molecule is CCC(C)NC(N)=NCCN(C(=O)OC(C)(C)C)C1CC1.I. The second-order valence-corrected chi connectivity index (χ2v) is 6.63. The Morgan fingerprint density at radius 1 is 1.45 bits per heavy atom. The Bertz CT molecular complexity index is 378. The van der Waals surface area contributed by atoms with Crippen LogP contribution in [0.5, 0.6) is 0 Å². The number of aliphatic imine (C=N–C) groups is 1. The lowest BCUT2D eigenvalue weighted by Crippen LogP contribution is -2.41. The van der Waals surface area contributed by atoms with Gasteiger partial charge >= 0.3 is 6.09 Å². The van der Waals surface area contributed by atoms with Crippen LogP contribution in [0.2, 0.25) is 0 Å². The van der Waals surface area contributed by atoms with Gasteiger partial charge in [-0.3, -0.25) is 4.99 Å². The van der Waals surface area contributed by atoms with Gasteiger partial charge in [-0.2, -0.15) is 0 Å². The molecule has 0 spiro atoms. The van der Waals surface area contributed by atoms with Crippen LogP contribution >= 0.6 is 24.0 Å². The van der Waals surface area contributed by atoms with Crippen LogP contribution < -0.4 is 11.1 Å². The minimum absolute atomic E-state index is 0. The van der Waals surface area contributed by atoms with Crippen LogP contribution in [-0.4, -0.2) is 47.7 Å². The first kappa shape index (κ1) is 21.3. The average molecular weight is 426 g/mol. The van der Waals surface area contributed by atoms with Gasteiger partial charge in [-0.25, -0.2) is 4.79 Å². The highest BCUT2D eigenvalue weighted by Gasteiger charge is 2.34. The van der Waals surface area contributed by atoms with Crippen LogP contribution in [-0.2, 0) is 4.74 Å². The Morgan fingerprint density at radius 3 is 2.50 bits per heavy atom. The van der Waals surface area contributed by atoms with E-state index >= 15 is 0 Å². The van der Waals surface area contributed by atoms with Gasteiger partial charge in [0.25, 0.3) is 0 Å². The van der Waals surface area contributed by atoms with Crippen LogP contribution in [0.4, 0.5) is 4.79 Å². The summed E-state index contributed by atoms with van der Waals surface area (Å²) in [4.78, 5) is 18.2. The van der Waals surface area contributed by atoms with Crippen LogP contribution in [0, 0.1) is 0 Å². The van der Waals surface area contributed by atoms with Gasteiger partial charge in [0.2, 0.25) is 0 Å². The predicted molar refractivity (Wildman–Crippen MR) is 101 cm³/mol. The van der Waals surface area contributed by atoms with Crippen LogP contribution in [0.1, 0.15) is 53.9 Å². The summed E-state index contributed by atoms with van der Waals surface area (Å²) < 4.78 is 5.43. The number of carbonyl (C=O) groups is 1. The Kier molecular flexibility index (Phi) is 9.11. The van der Waals surface area contributed by atoms with Gasteiger partial charge in [-0.1, -0.05) is 6.92 Å². The molecule has 0 radical (unpaired) electrons. The van der Waals surface area contributed by atoms with Crippen molar-refractivity contribution in [2.45, 2.75) is 71.6 Å². The van der Waals surface area contributed by atoms with Crippen molar-refractivity contribution in [1.29, 1.82) is 0 Å². The molecular weight excluding hydrogens is 395 g/mol. The highest BCUT2D eigenvalue weighted by Crippen LogP contribution is 2.28. The molecule has 1 rings (SSSR count). The highest BCUT2D eigenvalue weighted by molar-refractivity contribution is 14.0. The maximum Gasteiger partial charge on any atom is 0.410 e. The fourth-order valence-corrected chi connectivity index (χ4v) is 1.81. The summed E-state index contributed by atoms with van der Waals surface area (Å²) in [7, 11) is 0. The first-order valence-electron chi connectivity index (χ1n) is 7.79. The average Bonchev–Trinajstić information content (AvgIpc) is 3.16. The molecule has 1 aliphatic carbocycles. The Hall–Kier alpha value is -0.730. The Balaban J connectivity index is 0.00000441. The Labute approximate surface area is 151 Å². The third kappa shape index (κ3) is 8.65. The molecule has 130 valence electrons. The number of nitrogens with zero attached hydrogens (tertiary/aromatic N) is 2. The van der Waals surface area contributed by atoms with Gasteiger partial charge in [0.15, 0.2) is 5.96 Å². The summed E-state index contributed by atoms with van der Waals surface area (Å²) in [5, 5.41) is 3.11. The molecule has 7 heteroatoms. The third-order valence-corrected chi connectivity index (χ3v) is 3.25. The van der Waals surface area contributed by atoms with E-state index in [4.69, 9.17) is 10.5 Å². The molecule has 1 saturated carbocycles. The number of hydrogen-bond acceptors (Lipinski definition) is 3. The lowest BCUT2D eigenvalue weighted by molar-refractivity contribution is 0.0240. The van der Waals surface area contributed by atoms with E-state index in [1.807, 2.05) is 20.8 Å². The number of nitrogens with one attached hydrogen (secondary N) is 1. The van der Waals surface area contributed by atoms with E-state index in [0.717, 1.165) is 19.3 Å². The molecule has 1 unspecified atom stereocenters. The molecule has 0 aromatic rings. The van der Waals surface area contributed by atoms with E-state index in [0.29, 0.717) is 31.1 Å². The molecule has 0 saturated heterocycles. The van der Waals surface area contributed by atoms with Crippen molar-refractivity contribution in [3.8, 4) is 0 Å². The number of guanidine groups is 1. The first-order chi connectivity index (χ1) is 9.73. The molecule has 0 aliphatic heterocycles. The van der Waals surface area contributed by atoms with E-state index in [2.05, 4.69) is 24.2 Å². The van der Waals surface area contributed by atoms with E-state index < -0.39 is 5.60 Å².